The van der Waals surface area contributed by atoms with Gasteiger partial charge in [0, 0.05) is 12.2 Å². The summed E-state index contributed by atoms with van der Waals surface area (Å²) in [5, 5.41) is 7.22. The third kappa shape index (κ3) is 3.08. The van der Waals surface area contributed by atoms with Crippen LogP contribution in [0.25, 0.3) is 0 Å². The van der Waals surface area contributed by atoms with Crippen molar-refractivity contribution >= 4 is 11.8 Å². The number of amidine groups is 1. The molecule has 18 heavy (non-hydrogen) atoms. The standard InChI is InChI=1S/C10H12F3N5/c11-10(12,13)5-18(6-1-2-6)9-16-4-3-7(17-9)8(14)15/h3-4,6H,1-2,5H2,(H3,14,15). The van der Waals surface area contributed by atoms with Crippen molar-refractivity contribution in [3.05, 3.63) is 18.0 Å². The lowest BCUT2D eigenvalue weighted by atomic mass is 10.4. The van der Waals surface area contributed by atoms with Gasteiger partial charge in [-0.25, -0.2) is 9.97 Å². The summed E-state index contributed by atoms with van der Waals surface area (Å²) in [6.07, 6.45) is -1.60. The molecule has 1 aromatic rings. The van der Waals surface area contributed by atoms with Gasteiger partial charge in [-0.2, -0.15) is 13.2 Å². The van der Waals surface area contributed by atoms with E-state index in [9.17, 15) is 13.2 Å². The molecular formula is C10H12F3N5. The van der Waals surface area contributed by atoms with Crippen molar-refractivity contribution in [2.75, 3.05) is 11.4 Å². The Labute approximate surface area is 101 Å². The molecule has 3 N–H and O–H groups in total. The Bertz CT molecular complexity index is 455. The van der Waals surface area contributed by atoms with E-state index in [2.05, 4.69) is 9.97 Å². The van der Waals surface area contributed by atoms with Crippen molar-refractivity contribution < 1.29 is 13.2 Å². The van der Waals surface area contributed by atoms with Gasteiger partial charge in [-0.05, 0) is 18.9 Å². The van der Waals surface area contributed by atoms with E-state index in [0.717, 1.165) is 4.90 Å². The highest BCUT2D eigenvalue weighted by Gasteiger charge is 2.39. The van der Waals surface area contributed by atoms with E-state index in [1.165, 1.54) is 12.3 Å². The molecule has 1 heterocycles. The second-order valence-electron chi connectivity index (χ2n) is 4.13. The number of nitrogen functional groups attached to an aromatic ring is 1. The molecule has 8 heteroatoms. The van der Waals surface area contributed by atoms with E-state index in [4.69, 9.17) is 11.1 Å². The Morgan fingerprint density at radius 2 is 2.17 bits per heavy atom. The molecule has 1 aliphatic carbocycles. The van der Waals surface area contributed by atoms with Gasteiger partial charge in [0.2, 0.25) is 5.95 Å². The monoisotopic (exact) mass is 259 g/mol. The molecule has 2 rings (SSSR count). The van der Waals surface area contributed by atoms with E-state index in [1.807, 2.05) is 0 Å². The maximum absolute atomic E-state index is 12.5. The van der Waals surface area contributed by atoms with E-state index in [1.54, 1.807) is 0 Å². The van der Waals surface area contributed by atoms with Crippen molar-refractivity contribution in [3.63, 3.8) is 0 Å². The van der Waals surface area contributed by atoms with Crippen LogP contribution in [-0.2, 0) is 0 Å². The van der Waals surface area contributed by atoms with Gasteiger partial charge in [-0.3, -0.25) is 5.41 Å². The summed E-state index contributed by atoms with van der Waals surface area (Å²) in [5.74, 6) is -0.316. The van der Waals surface area contributed by atoms with E-state index in [0.29, 0.717) is 12.8 Å². The molecule has 1 aromatic heterocycles. The van der Waals surface area contributed by atoms with Gasteiger partial charge in [0.05, 0.1) is 0 Å². The number of rotatable bonds is 4. The van der Waals surface area contributed by atoms with Crippen LogP contribution in [0, 0.1) is 5.41 Å². The summed E-state index contributed by atoms with van der Waals surface area (Å²) < 4.78 is 37.4. The first kappa shape index (κ1) is 12.6. The van der Waals surface area contributed by atoms with Crippen LogP contribution >= 0.6 is 0 Å². The number of hydrogen-bond donors (Lipinski definition) is 2. The molecule has 0 spiro atoms. The molecule has 0 radical (unpaired) electrons. The highest BCUT2D eigenvalue weighted by atomic mass is 19.4. The molecule has 0 amide bonds. The van der Waals surface area contributed by atoms with Gasteiger partial charge in [-0.15, -0.1) is 0 Å². The first-order valence-electron chi connectivity index (χ1n) is 5.37. The van der Waals surface area contributed by atoms with Gasteiger partial charge in [0.25, 0.3) is 0 Å². The minimum Gasteiger partial charge on any atom is -0.382 e. The summed E-state index contributed by atoms with van der Waals surface area (Å²) in [6.45, 7) is -1.08. The van der Waals surface area contributed by atoms with Gasteiger partial charge >= 0.3 is 6.18 Å². The zero-order valence-corrected chi connectivity index (χ0v) is 9.41. The topological polar surface area (TPSA) is 78.9 Å². The summed E-state index contributed by atoms with van der Waals surface area (Å²) in [5.41, 5.74) is 5.39. The normalized spacial score (nSPS) is 15.5. The van der Waals surface area contributed by atoms with Crippen molar-refractivity contribution in [1.29, 1.82) is 5.41 Å². The number of hydrogen-bond acceptors (Lipinski definition) is 4. The minimum atomic E-state index is -4.31. The van der Waals surface area contributed by atoms with Gasteiger partial charge in [0.15, 0.2) is 0 Å². The predicted molar refractivity (Wildman–Crippen MR) is 59.5 cm³/mol. The van der Waals surface area contributed by atoms with Gasteiger partial charge < -0.3 is 10.6 Å². The van der Waals surface area contributed by atoms with E-state index >= 15 is 0 Å². The number of halogens is 3. The maximum atomic E-state index is 12.5. The number of anilines is 1. The number of nitrogens with one attached hydrogen (secondary N) is 1. The number of alkyl halides is 3. The smallest absolute Gasteiger partial charge is 0.382 e. The first-order chi connectivity index (χ1) is 8.37. The Kier molecular flexibility index (Phi) is 3.10. The van der Waals surface area contributed by atoms with Crippen LogP contribution in [0.4, 0.5) is 19.1 Å². The molecule has 0 saturated heterocycles. The molecular weight excluding hydrogens is 247 g/mol. The average Bonchev–Trinajstić information content (AvgIpc) is 3.08. The van der Waals surface area contributed by atoms with E-state index < -0.39 is 12.7 Å². The number of nitrogens with two attached hydrogens (primary N) is 1. The Morgan fingerprint density at radius 1 is 1.50 bits per heavy atom. The highest BCUT2D eigenvalue weighted by Crippen LogP contribution is 2.32. The van der Waals surface area contributed by atoms with Crippen LogP contribution in [0.3, 0.4) is 0 Å². The van der Waals surface area contributed by atoms with Gasteiger partial charge in [-0.1, -0.05) is 0 Å². The summed E-state index contributed by atoms with van der Waals surface area (Å²) in [4.78, 5) is 8.83. The van der Waals surface area contributed by atoms with Crippen molar-refractivity contribution in [3.8, 4) is 0 Å². The Hall–Kier alpha value is -1.86. The third-order valence-electron chi connectivity index (χ3n) is 2.51. The fourth-order valence-corrected chi connectivity index (χ4v) is 1.58. The first-order valence-corrected chi connectivity index (χ1v) is 5.37. The SMILES string of the molecule is N=C(N)c1ccnc(N(CC(F)(F)F)C2CC2)n1. The Balaban J connectivity index is 2.25. The summed E-state index contributed by atoms with van der Waals surface area (Å²) >= 11 is 0. The van der Waals surface area contributed by atoms with E-state index in [-0.39, 0.29) is 23.5 Å². The van der Waals surface area contributed by atoms with Crippen molar-refractivity contribution in [1.82, 2.24) is 9.97 Å². The average molecular weight is 259 g/mol. The second-order valence-corrected chi connectivity index (χ2v) is 4.13. The zero-order valence-electron chi connectivity index (χ0n) is 9.41. The van der Waals surface area contributed by atoms with Crippen LogP contribution in [0.15, 0.2) is 12.3 Å². The quantitative estimate of drug-likeness (QED) is 0.631. The molecule has 1 fully saturated rings. The molecule has 0 aromatic carbocycles. The molecule has 0 unspecified atom stereocenters. The van der Waals surface area contributed by atoms with Crippen LogP contribution < -0.4 is 10.6 Å². The van der Waals surface area contributed by atoms with Crippen LogP contribution in [0.1, 0.15) is 18.5 Å². The second kappa shape index (κ2) is 4.43. The third-order valence-corrected chi connectivity index (χ3v) is 2.51. The molecule has 0 bridgehead atoms. The summed E-state index contributed by atoms with van der Waals surface area (Å²) in [7, 11) is 0. The largest absolute Gasteiger partial charge is 0.406 e. The van der Waals surface area contributed by atoms with Crippen molar-refractivity contribution in [2.24, 2.45) is 5.73 Å². The van der Waals surface area contributed by atoms with Crippen LogP contribution in [0.5, 0.6) is 0 Å². The fraction of sp³-hybridized carbons (Fsp3) is 0.500. The summed E-state index contributed by atoms with van der Waals surface area (Å²) in [6, 6.07) is 1.22. The lowest BCUT2D eigenvalue weighted by Crippen LogP contribution is -2.37. The lowest BCUT2D eigenvalue weighted by Gasteiger charge is -2.23. The molecule has 5 nitrogen and oxygen atoms in total. The van der Waals surface area contributed by atoms with Crippen molar-refractivity contribution in [2.45, 2.75) is 25.1 Å². The minimum absolute atomic E-state index is 0.0254. The molecule has 0 atom stereocenters. The van der Waals surface area contributed by atoms with Gasteiger partial charge in [0.1, 0.15) is 18.1 Å². The lowest BCUT2D eigenvalue weighted by molar-refractivity contribution is -0.120. The molecule has 1 aliphatic rings. The molecule has 0 aliphatic heterocycles. The number of nitrogens with zero attached hydrogens (tertiary/aromatic N) is 3. The molecule has 1 saturated carbocycles. The highest BCUT2D eigenvalue weighted by molar-refractivity contribution is 5.93. The maximum Gasteiger partial charge on any atom is 0.406 e. The van der Waals surface area contributed by atoms with Crippen LogP contribution in [-0.4, -0.2) is 34.6 Å². The number of aromatic nitrogens is 2. The predicted octanol–water partition coefficient (Wildman–Crippen LogP) is 1.29. The zero-order chi connectivity index (χ0) is 13.3. The Morgan fingerprint density at radius 3 is 2.67 bits per heavy atom. The van der Waals surface area contributed by atoms with Crippen LogP contribution in [0.2, 0.25) is 0 Å². The fourth-order valence-electron chi connectivity index (χ4n) is 1.58. The molecule has 98 valence electrons.